The van der Waals surface area contributed by atoms with E-state index in [4.69, 9.17) is 10.00 Å². The zero-order chi connectivity index (χ0) is 11.3. The van der Waals surface area contributed by atoms with Crippen LogP contribution in [0.2, 0.25) is 0 Å². The first-order chi connectivity index (χ1) is 6.87. The smallest absolute Gasteiger partial charge is 0.361 e. The Bertz CT molecular complexity index is 344. The number of allylic oxidation sites excluding steroid dienone is 1. The Morgan fingerprint density at radius 3 is 2.67 bits per heavy atom. The van der Waals surface area contributed by atoms with Gasteiger partial charge in [0.15, 0.2) is 0 Å². The summed E-state index contributed by atoms with van der Waals surface area (Å²) >= 11 is 0. The maximum atomic E-state index is 12.0. The first kappa shape index (κ1) is 10.5. The van der Waals surface area contributed by atoms with Gasteiger partial charge in [-0.15, -0.1) is 0 Å². The summed E-state index contributed by atoms with van der Waals surface area (Å²) in [5.74, 6) is -0.175. The Hall–Kier alpha value is -1.02. The molecule has 2 rings (SSSR count). The molecule has 0 spiro atoms. The van der Waals surface area contributed by atoms with Gasteiger partial charge in [0.05, 0.1) is 17.6 Å². The van der Waals surface area contributed by atoms with E-state index >= 15 is 0 Å². The standard InChI is InChI=1S/C10H10F3NO/c1-9(15-5-10(11,12)13)3-2-6-7(4-14)8(6)9/h2-3,6-8H,5H2,1H3/t6-,7+,8-,9-/m0/s1. The molecule has 2 nitrogen and oxygen atoms in total. The fraction of sp³-hybridized carbons (Fsp3) is 0.700. The molecule has 0 aromatic carbocycles. The monoisotopic (exact) mass is 217 g/mol. The Labute approximate surface area is 85.3 Å². The second-order valence-electron chi connectivity index (χ2n) is 4.20. The predicted octanol–water partition coefficient (Wildman–Crippen LogP) is 2.28. The molecule has 0 aromatic heterocycles. The molecule has 0 bridgehead atoms. The first-order valence-electron chi connectivity index (χ1n) is 4.67. The van der Waals surface area contributed by atoms with Gasteiger partial charge < -0.3 is 4.74 Å². The molecule has 0 aromatic rings. The van der Waals surface area contributed by atoms with Gasteiger partial charge in [0, 0.05) is 11.8 Å². The first-order valence-corrected chi connectivity index (χ1v) is 4.67. The van der Waals surface area contributed by atoms with E-state index in [2.05, 4.69) is 6.07 Å². The van der Waals surface area contributed by atoms with Crippen LogP contribution in [0.3, 0.4) is 0 Å². The maximum Gasteiger partial charge on any atom is 0.411 e. The van der Waals surface area contributed by atoms with Gasteiger partial charge in [-0.25, -0.2) is 0 Å². The largest absolute Gasteiger partial charge is 0.411 e. The molecule has 0 amide bonds. The second kappa shape index (κ2) is 2.99. The van der Waals surface area contributed by atoms with Crippen molar-refractivity contribution < 1.29 is 17.9 Å². The van der Waals surface area contributed by atoms with Gasteiger partial charge >= 0.3 is 6.18 Å². The van der Waals surface area contributed by atoms with Crippen LogP contribution in [0.1, 0.15) is 6.92 Å². The number of halogens is 3. The van der Waals surface area contributed by atoms with Crippen LogP contribution in [0.4, 0.5) is 13.2 Å². The van der Waals surface area contributed by atoms with Crippen LogP contribution >= 0.6 is 0 Å². The minimum atomic E-state index is -4.31. The number of hydrogen-bond donors (Lipinski definition) is 0. The average molecular weight is 217 g/mol. The Balaban J connectivity index is 1.99. The summed E-state index contributed by atoms with van der Waals surface area (Å²) in [5, 5.41) is 8.71. The molecule has 0 heterocycles. The maximum absolute atomic E-state index is 12.0. The lowest BCUT2D eigenvalue weighted by atomic mass is 10.0. The molecule has 1 saturated carbocycles. The zero-order valence-corrected chi connectivity index (χ0v) is 8.08. The topological polar surface area (TPSA) is 33.0 Å². The summed E-state index contributed by atoms with van der Waals surface area (Å²) < 4.78 is 40.8. The van der Waals surface area contributed by atoms with Crippen LogP contribution < -0.4 is 0 Å². The minimum absolute atomic E-state index is 0.0910. The number of fused-ring (bicyclic) bond motifs is 1. The van der Waals surface area contributed by atoms with Gasteiger partial charge in [0.25, 0.3) is 0 Å². The Kier molecular flexibility index (Phi) is 2.09. The lowest BCUT2D eigenvalue weighted by Crippen LogP contribution is -2.33. The van der Waals surface area contributed by atoms with Crippen LogP contribution in [-0.2, 0) is 4.74 Å². The third kappa shape index (κ3) is 1.74. The SMILES string of the molecule is C[C@]1(OCC(F)(F)F)C=C[C@H]2[C@@H](C#N)[C@H]21. The highest BCUT2D eigenvalue weighted by Gasteiger charge is 2.62. The molecule has 2 aliphatic rings. The Morgan fingerprint density at radius 1 is 1.53 bits per heavy atom. The number of hydrogen-bond acceptors (Lipinski definition) is 2. The molecular formula is C10H10F3NO. The molecule has 0 N–H and O–H groups in total. The van der Waals surface area contributed by atoms with Crippen molar-refractivity contribution in [1.29, 1.82) is 5.26 Å². The predicted molar refractivity (Wildman–Crippen MR) is 45.6 cm³/mol. The number of alkyl halides is 3. The van der Waals surface area contributed by atoms with Crippen LogP contribution in [0.25, 0.3) is 0 Å². The average Bonchev–Trinajstić information content (AvgIpc) is 2.76. The molecule has 15 heavy (non-hydrogen) atoms. The highest BCUT2D eigenvalue weighted by molar-refractivity contribution is 5.32. The van der Waals surface area contributed by atoms with E-state index in [0.717, 1.165) is 0 Å². The highest BCUT2D eigenvalue weighted by atomic mass is 19.4. The lowest BCUT2D eigenvalue weighted by molar-refractivity contribution is -0.197. The number of nitriles is 1. The van der Waals surface area contributed by atoms with E-state index in [1.54, 1.807) is 19.1 Å². The van der Waals surface area contributed by atoms with E-state index in [0.29, 0.717) is 0 Å². The molecular weight excluding hydrogens is 207 g/mol. The van der Waals surface area contributed by atoms with E-state index < -0.39 is 18.4 Å². The number of rotatable bonds is 2. The van der Waals surface area contributed by atoms with E-state index in [1.807, 2.05) is 0 Å². The highest BCUT2D eigenvalue weighted by Crippen LogP contribution is 2.59. The van der Waals surface area contributed by atoms with Crippen LogP contribution in [0.5, 0.6) is 0 Å². The quantitative estimate of drug-likeness (QED) is 0.665. The van der Waals surface area contributed by atoms with Crippen molar-refractivity contribution >= 4 is 0 Å². The fourth-order valence-electron chi connectivity index (χ4n) is 2.27. The molecule has 4 atom stereocenters. The van der Waals surface area contributed by atoms with Crippen molar-refractivity contribution in [2.24, 2.45) is 17.8 Å². The molecule has 82 valence electrons. The normalized spacial score (nSPS) is 42.5. The van der Waals surface area contributed by atoms with Crippen molar-refractivity contribution in [3.8, 4) is 6.07 Å². The summed E-state index contributed by atoms with van der Waals surface area (Å²) in [6.07, 6.45) is -0.886. The molecule has 1 fully saturated rings. The van der Waals surface area contributed by atoms with E-state index in [1.165, 1.54) is 0 Å². The van der Waals surface area contributed by atoms with E-state index in [9.17, 15) is 13.2 Å². The van der Waals surface area contributed by atoms with Crippen LogP contribution in [-0.4, -0.2) is 18.4 Å². The third-order valence-corrected chi connectivity index (χ3v) is 3.08. The van der Waals surface area contributed by atoms with Crippen molar-refractivity contribution in [2.75, 3.05) is 6.61 Å². The van der Waals surface area contributed by atoms with Gasteiger partial charge in [-0.3, -0.25) is 0 Å². The van der Waals surface area contributed by atoms with Crippen LogP contribution in [0.15, 0.2) is 12.2 Å². The van der Waals surface area contributed by atoms with Crippen molar-refractivity contribution in [1.82, 2.24) is 0 Å². The lowest BCUT2D eigenvalue weighted by Gasteiger charge is -2.25. The van der Waals surface area contributed by atoms with Gasteiger partial charge in [0.1, 0.15) is 6.61 Å². The third-order valence-electron chi connectivity index (χ3n) is 3.08. The summed E-state index contributed by atoms with van der Waals surface area (Å²) in [7, 11) is 0. The minimum Gasteiger partial charge on any atom is -0.361 e. The molecule has 0 aliphatic heterocycles. The van der Waals surface area contributed by atoms with Gasteiger partial charge in [-0.1, -0.05) is 12.2 Å². The van der Waals surface area contributed by atoms with Gasteiger partial charge in [-0.2, -0.15) is 18.4 Å². The molecule has 2 aliphatic carbocycles. The number of nitrogens with zero attached hydrogens (tertiary/aromatic N) is 1. The molecule has 5 heteroatoms. The van der Waals surface area contributed by atoms with Crippen molar-refractivity contribution in [3.05, 3.63) is 12.2 Å². The van der Waals surface area contributed by atoms with E-state index in [-0.39, 0.29) is 17.8 Å². The summed E-state index contributed by atoms with van der Waals surface area (Å²) in [6.45, 7) is 0.354. The summed E-state index contributed by atoms with van der Waals surface area (Å²) in [6, 6.07) is 2.08. The molecule has 0 radical (unpaired) electrons. The molecule has 0 unspecified atom stereocenters. The van der Waals surface area contributed by atoms with Gasteiger partial charge in [0.2, 0.25) is 0 Å². The summed E-state index contributed by atoms with van der Waals surface area (Å²) in [5.41, 5.74) is -0.916. The summed E-state index contributed by atoms with van der Waals surface area (Å²) in [4.78, 5) is 0. The van der Waals surface area contributed by atoms with Crippen molar-refractivity contribution in [2.45, 2.75) is 18.7 Å². The fourth-order valence-corrected chi connectivity index (χ4v) is 2.27. The second-order valence-corrected chi connectivity index (χ2v) is 4.20. The number of ether oxygens (including phenoxy) is 1. The Morgan fingerprint density at radius 2 is 2.20 bits per heavy atom. The van der Waals surface area contributed by atoms with Gasteiger partial charge in [-0.05, 0) is 6.92 Å². The van der Waals surface area contributed by atoms with Crippen LogP contribution in [0, 0.1) is 29.1 Å². The zero-order valence-electron chi connectivity index (χ0n) is 8.08. The van der Waals surface area contributed by atoms with Crippen molar-refractivity contribution in [3.63, 3.8) is 0 Å². The molecule has 0 saturated heterocycles.